The minimum Gasteiger partial charge on any atom is -0.484 e. The molecule has 5 heteroatoms. The molecule has 1 amide bonds. The van der Waals surface area contributed by atoms with Crippen LogP contribution in [0.15, 0.2) is 24.3 Å². The lowest BCUT2D eigenvalue weighted by Gasteiger charge is -2.18. The van der Waals surface area contributed by atoms with Crippen LogP contribution in [0.4, 0.5) is 0 Å². The van der Waals surface area contributed by atoms with Crippen LogP contribution < -0.4 is 10.5 Å². The van der Waals surface area contributed by atoms with Crippen molar-refractivity contribution < 1.29 is 9.53 Å². The Morgan fingerprint density at radius 3 is 2.79 bits per heavy atom. The summed E-state index contributed by atoms with van der Waals surface area (Å²) in [5.41, 5.74) is 5.86. The van der Waals surface area contributed by atoms with Crippen LogP contribution in [-0.4, -0.2) is 36.5 Å². The minimum absolute atomic E-state index is 0.0121. The van der Waals surface area contributed by atoms with E-state index in [0.717, 1.165) is 19.5 Å². The maximum Gasteiger partial charge on any atom is 0.260 e. The molecular weight excluding hydrogens is 264 g/mol. The summed E-state index contributed by atoms with van der Waals surface area (Å²) in [6.07, 6.45) is 0.977. The van der Waals surface area contributed by atoms with Crippen molar-refractivity contribution >= 4 is 17.5 Å². The normalized spacial score (nSPS) is 20.4. The summed E-state index contributed by atoms with van der Waals surface area (Å²) in [5.74, 6) is 1.07. The molecule has 104 valence electrons. The third-order valence-electron chi connectivity index (χ3n) is 3.50. The highest BCUT2D eigenvalue weighted by Gasteiger charge is 2.28. The van der Waals surface area contributed by atoms with Gasteiger partial charge in [0.2, 0.25) is 0 Å². The first-order chi connectivity index (χ1) is 9.06. The van der Waals surface area contributed by atoms with Crippen LogP contribution in [0.25, 0.3) is 0 Å². The number of halogens is 1. The van der Waals surface area contributed by atoms with E-state index in [9.17, 15) is 4.79 Å². The van der Waals surface area contributed by atoms with Crippen molar-refractivity contribution in [2.24, 2.45) is 11.7 Å². The van der Waals surface area contributed by atoms with Crippen molar-refractivity contribution in [3.63, 3.8) is 0 Å². The Balaban J connectivity index is 1.80. The first-order valence-corrected chi connectivity index (χ1v) is 6.86. The largest absolute Gasteiger partial charge is 0.484 e. The van der Waals surface area contributed by atoms with E-state index in [1.807, 2.05) is 11.8 Å². The van der Waals surface area contributed by atoms with Gasteiger partial charge in [-0.3, -0.25) is 4.79 Å². The summed E-state index contributed by atoms with van der Waals surface area (Å²) in [5, 5.41) is 0.651. The monoisotopic (exact) mass is 282 g/mol. The number of hydrogen-bond donors (Lipinski definition) is 1. The van der Waals surface area contributed by atoms with Gasteiger partial charge in [-0.2, -0.15) is 0 Å². The van der Waals surface area contributed by atoms with E-state index >= 15 is 0 Å². The van der Waals surface area contributed by atoms with Crippen LogP contribution in [0.2, 0.25) is 5.02 Å². The number of rotatable bonds is 4. The predicted octanol–water partition coefficient (Wildman–Crippen LogP) is 1.91. The Bertz CT molecular complexity index is 434. The van der Waals surface area contributed by atoms with Crippen LogP contribution in [0.1, 0.15) is 13.3 Å². The van der Waals surface area contributed by atoms with Crippen LogP contribution >= 0.6 is 11.6 Å². The summed E-state index contributed by atoms with van der Waals surface area (Å²) in [6, 6.07) is 7.12. The summed E-state index contributed by atoms with van der Waals surface area (Å²) in [6.45, 7) is 3.56. The fourth-order valence-electron chi connectivity index (χ4n) is 2.21. The van der Waals surface area contributed by atoms with Gasteiger partial charge < -0.3 is 15.4 Å². The van der Waals surface area contributed by atoms with Gasteiger partial charge in [-0.15, -0.1) is 0 Å². The molecule has 1 heterocycles. The Hall–Kier alpha value is -1.26. The molecule has 4 nitrogen and oxygen atoms in total. The van der Waals surface area contributed by atoms with E-state index in [1.165, 1.54) is 0 Å². The quantitative estimate of drug-likeness (QED) is 0.918. The van der Waals surface area contributed by atoms with Crippen molar-refractivity contribution in [1.82, 2.24) is 4.90 Å². The second kappa shape index (κ2) is 6.26. The Labute approximate surface area is 118 Å². The molecule has 1 saturated heterocycles. The predicted molar refractivity (Wildman–Crippen MR) is 75.3 cm³/mol. The Morgan fingerprint density at radius 1 is 1.53 bits per heavy atom. The molecule has 0 bridgehead atoms. The zero-order valence-corrected chi connectivity index (χ0v) is 11.8. The van der Waals surface area contributed by atoms with Gasteiger partial charge in [-0.05, 0) is 43.5 Å². The smallest absolute Gasteiger partial charge is 0.260 e. The van der Waals surface area contributed by atoms with Gasteiger partial charge in [0.15, 0.2) is 6.61 Å². The zero-order valence-electron chi connectivity index (χ0n) is 11.0. The van der Waals surface area contributed by atoms with Crippen molar-refractivity contribution in [2.45, 2.75) is 19.4 Å². The number of likely N-dealkylation sites (tertiary alicyclic amines) is 1. The van der Waals surface area contributed by atoms with Crippen LogP contribution in [0.5, 0.6) is 5.75 Å². The number of nitrogens with two attached hydrogens (primary N) is 1. The van der Waals surface area contributed by atoms with Crippen molar-refractivity contribution in [2.75, 3.05) is 19.7 Å². The van der Waals surface area contributed by atoms with Crippen LogP contribution in [-0.2, 0) is 4.79 Å². The highest BCUT2D eigenvalue weighted by atomic mass is 35.5. The second-order valence-corrected chi connectivity index (χ2v) is 5.43. The molecule has 2 unspecified atom stereocenters. The molecule has 1 fully saturated rings. The van der Waals surface area contributed by atoms with Gasteiger partial charge in [0.1, 0.15) is 5.75 Å². The molecule has 0 aromatic heterocycles. The van der Waals surface area contributed by atoms with Gasteiger partial charge in [-0.25, -0.2) is 0 Å². The highest BCUT2D eigenvalue weighted by Crippen LogP contribution is 2.19. The highest BCUT2D eigenvalue weighted by molar-refractivity contribution is 6.30. The number of amides is 1. The molecule has 1 aromatic rings. The van der Waals surface area contributed by atoms with E-state index in [2.05, 4.69) is 0 Å². The van der Waals surface area contributed by atoms with Gasteiger partial charge in [0.05, 0.1) is 0 Å². The van der Waals surface area contributed by atoms with Crippen molar-refractivity contribution in [3.8, 4) is 5.75 Å². The molecule has 0 aliphatic carbocycles. The summed E-state index contributed by atoms with van der Waals surface area (Å²) in [4.78, 5) is 13.8. The van der Waals surface area contributed by atoms with Crippen LogP contribution in [0.3, 0.4) is 0 Å². The molecule has 1 aromatic carbocycles. The maximum absolute atomic E-state index is 12.0. The lowest BCUT2D eigenvalue weighted by Crippen LogP contribution is -2.35. The molecule has 1 aliphatic heterocycles. The SMILES string of the molecule is CC(N)C1CCN(C(=O)COc2ccc(Cl)cc2)C1. The molecule has 0 spiro atoms. The number of ether oxygens (including phenoxy) is 1. The molecule has 2 rings (SSSR count). The van der Waals surface area contributed by atoms with Gasteiger partial charge in [0, 0.05) is 24.2 Å². The van der Waals surface area contributed by atoms with Crippen molar-refractivity contribution in [3.05, 3.63) is 29.3 Å². The first kappa shape index (κ1) is 14.2. The summed E-state index contributed by atoms with van der Waals surface area (Å²) >= 11 is 5.78. The average molecular weight is 283 g/mol. The van der Waals surface area contributed by atoms with E-state index in [4.69, 9.17) is 22.1 Å². The first-order valence-electron chi connectivity index (χ1n) is 6.48. The fraction of sp³-hybridized carbons (Fsp3) is 0.500. The summed E-state index contributed by atoms with van der Waals surface area (Å²) < 4.78 is 5.45. The fourth-order valence-corrected chi connectivity index (χ4v) is 2.34. The minimum atomic E-state index is 0.0121. The lowest BCUT2D eigenvalue weighted by atomic mass is 10.0. The standard InChI is InChI=1S/C14H19ClN2O2/c1-10(16)11-6-7-17(8-11)14(18)9-19-13-4-2-12(15)3-5-13/h2-5,10-11H,6-9,16H2,1H3. The summed E-state index contributed by atoms with van der Waals surface area (Å²) in [7, 11) is 0. The average Bonchev–Trinajstić information content (AvgIpc) is 2.87. The number of benzene rings is 1. The van der Waals surface area contributed by atoms with E-state index in [-0.39, 0.29) is 18.6 Å². The van der Waals surface area contributed by atoms with Gasteiger partial charge >= 0.3 is 0 Å². The molecule has 0 radical (unpaired) electrons. The molecule has 0 saturated carbocycles. The third kappa shape index (κ3) is 3.85. The third-order valence-corrected chi connectivity index (χ3v) is 3.75. The molecule has 19 heavy (non-hydrogen) atoms. The van der Waals surface area contributed by atoms with Crippen LogP contribution in [0, 0.1) is 5.92 Å². The van der Waals surface area contributed by atoms with Gasteiger partial charge in [-0.1, -0.05) is 11.6 Å². The molecular formula is C14H19ClN2O2. The van der Waals surface area contributed by atoms with Crippen molar-refractivity contribution in [1.29, 1.82) is 0 Å². The number of carbonyl (C=O) groups excluding carboxylic acids is 1. The molecule has 1 aliphatic rings. The molecule has 2 atom stereocenters. The number of hydrogen-bond acceptors (Lipinski definition) is 3. The van der Waals surface area contributed by atoms with E-state index < -0.39 is 0 Å². The number of nitrogens with zero attached hydrogens (tertiary/aromatic N) is 1. The Morgan fingerprint density at radius 2 is 2.21 bits per heavy atom. The van der Waals surface area contributed by atoms with Gasteiger partial charge in [0.25, 0.3) is 5.91 Å². The maximum atomic E-state index is 12.0. The van der Waals surface area contributed by atoms with E-state index in [1.54, 1.807) is 24.3 Å². The topological polar surface area (TPSA) is 55.6 Å². The number of carbonyl (C=O) groups is 1. The Kier molecular flexibility index (Phi) is 4.66. The lowest BCUT2D eigenvalue weighted by molar-refractivity contribution is -0.132. The molecule has 2 N–H and O–H groups in total. The van der Waals surface area contributed by atoms with E-state index in [0.29, 0.717) is 16.7 Å². The zero-order chi connectivity index (χ0) is 13.8. The second-order valence-electron chi connectivity index (χ2n) is 4.99.